The van der Waals surface area contributed by atoms with E-state index >= 15 is 0 Å². The molecule has 1 aromatic rings. The Kier molecular flexibility index (Phi) is 2.80. The van der Waals surface area contributed by atoms with Crippen LogP contribution in [0.4, 0.5) is 0 Å². The first-order valence-electron chi connectivity index (χ1n) is 6.29. The molecule has 0 aromatic heterocycles. The van der Waals surface area contributed by atoms with Crippen LogP contribution in [0.2, 0.25) is 5.02 Å². The molecule has 0 unspecified atom stereocenters. The highest BCUT2D eigenvalue weighted by Gasteiger charge is 2.52. The lowest BCUT2D eigenvalue weighted by atomic mass is 10.2. The van der Waals surface area contributed by atoms with E-state index in [-0.39, 0.29) is 11.4 Å². The minimum Gasteiger partial charge on any atom is -0.326 e. The second-order valence-electron chi connectivity index (χ2n) is 5.01. The third-order valence-corrected chi connectivity index (χ3v) is 4.18. The number of benzene rings is 1. The largest absolute Gasteiger partial charge is 0.326 e. The summed E-state index contributed by atoms with van der Waals surface area (Å²) in [6.07, 6.45) is 4.55. The first kappa shape index (κ1) is 11.6. The molecule has 18 heavy (non-hydrogen) atoms. The number of nitrogens with zero attached hydrogens (tertiary/aromatic N) is 1. The van der Waals surface area contributed by atoms with Crippen molar-refractivity contribution < 1.29 is 4.79 Å². The summed E-state index contributed by atoms with van der Waals surface area (Å²) in [5.41, 5.74) is 0.892. The Labute approximate surface area is 112 Å². The number of rotatable bonds is 0. The molecule has 1 spiro atoms. The van der Waals surface area contributed by atoms with Crippen molar-refractivity contribution in [2.75, 3.05) is 6.54 Å². The van der Waals surface area contributed by atoms with Crippen molar-refractivity contribution in [1.82, 2.24) is 4.90 Å². The van der Waals surface area contributed by atoms with Crippen molar-refractivity contribution >= 4 is 17.5 Å². The third kappa shape index (κ3) is 2.00. The summed E-state index contributed by atoms with van der Waals surface area (Å²) in [5, 5.41) is 0.598. The van der Waals surface area contributed by atoms with Gasteiger partial charge in [-0.05, 0) is 37.8 Å². The molecular weight excluding hydrogens is 246 g/mol. The minimum atomic E-state index is -0.0510. The molecule has 2 fully saturated rings. The Balaban J connectivity index is 1.78. The zero-order valence-corrected chi connectivity index (χ0v) is 10.8. The highest BCUT2D eigenvalue weighted by molar-refractivity contribution is 6.31. The predicted molar refractivity (Wildman–Crippen MR) is 71.2 cm³/mol. The van der Waals surface area contributed by atoms with Crippen molar-refractivity contribution in [2.24, 2.45) is 0 Å². The molecule has 1 aromatic carbocycles. The lowest BCUT2D eigenvalue weighted by Gasteiger charge is -2.21. The third-order valence-electron chi connectivity index (χ3n) is 3.85. The Morgan fingerprint density at radius 1 is 1.28 bits per heavy atom. The van der Waals surface area contributed by atoms with Gasteiger partial charge in [0, 0.05) is 23.6 Å². The van der Waals surface area contributed by atoms with Crippen LogP contribution in [0.25, 0.3) is 0 Å². The van der Waals surface area contributed by atoms with Gasteiger partial charge in [0.15, 0.2) is 0 Å². The summed E-state index contributed by atoms with van der Waals surface area (Å²) in [6.45, 7) is 0.857. The first-order chi connectivity index (χ1) is 8.71. The predicted octanol–water partition coefficient (Wildman–Crippen LogP) is 2.85. The summed E-state index contributed by atoms with van der Waals surface area (Å²) in [7, 11) is 0. The van der Waals surface area contributed by atoms with Gasteiger partial charge in [-0.3, -0.25) is 4.79 Å². The van der Waals surface area contributed by atoms with Crippen LogP contribution in [-0.2, 0) is 4.79 Å². The van der Waals surface area contributed by atoms with Gasteiger partial charge in [0.2, 0.25) is 0 Å². The topological polar surface area (TPSA) is 20.3 Å². The Morgan fingerprint density at radius 2 is 2.06 bits per heavy atom. The van der Waals surface area contributed by atoms with E-state index in [1.165, 1.54) is 0 Å². The van der Waals surface area contributed by atoms with Crippen molar-refractivity contribution in [3.63, 3.8) is 0 Å². The molecule has 2 aliphatic rings. The van der Waals surface area contributed by atoms with E-state index < -0.39 is 0 Å². The molecule has 0 N–H and O–H groups in total. The zero-order valence-electron chi connectivity index (χ0n) is 10.1. The fourth-order valence-corrected chi connectivity index (χ4v) is 2.85. The van der Waals surface area contributed by atoms with Crippen LogP contribution in [0.15, 0.2) is 24.3 Å². The van der Waals surface area contributed by atoms with Gasteiger partial charge in [0.05, 0.1) is 5.02 Å². The number of carbonyl (C=O) groups excluding carboxylic acids is 1. The van der Waals surface area contributed by atoms with E-state index in [0.29, 0.717) is 5.02 Å². The molecule has 1 heterocycles. The first-order valence-corrected chi connectivity index (χ1v) is 6.67. The molecule has 1 saturated heterocycles. The molecule has 3 heteroatoms. The second-order valence-corrected chi connectivity index (χ2v) is 5.42. The maximum Gasteiger partial charge on any atom is 0.299 e. The standard InChI is InChI=1S/C15H14ClNO/c16-13-5-2-1-4-12(13)6-7-14(18)17-11-3-8-15(17)9-10-15/h1-2,4-5H,3,8-11H2. The van der Waals surface area contributed by atoms with Crippen LogP contribution in [-0.4, -0.2) is 22.9 Å². The van der Waals surface area contributed by atoms with Gasteiger partial charge < -0.3 is 4.90 Å². The summed E-state index contributed by atoms with van der Waals surface area (Å²) >= 11 is 6.01. The lowest BCUT2D eigenvalue weighted by Crippen LogP contribution is -2.36. The average Bonchev–Trinajstić information content (AvgIpc) is 3.00. The van der Waals surface area contributed by atoms with Crippen molar-refractivity contribution in [3.8, 4) is 11.8 Å². The van der Waals surface area contributed by atoms with Gasteiger partial charge in [0.25, 0.3) is 5.91 Å². The molecule has 0 bridgehead atoms. The van der Waals surface area contributed by atoms with E-state index in [1.54, 1.807) is 6.07 Å². The summed E-state index contributed by atoms with van der Waals surface area (Å²) < 4.78 is 0. The smallest absolute Gasteiger partial charge is 0.299 e. The Morgan fingerprint density at radius 3 is 2.78 bits per heavy atom. The normalized spacial score (nSPS) is 19.5. The molecular formula is C15H14ClNO. The molecule has 1 amide bonds. The van der Waals surface area contributed by atoms with E-state index in [0.717, 1.165) is 37.8 Å². The summed E-state index contributed by atoms with van der Waals surface area (Å²) in [5.74, 6) is 5.56. The second kappa shape index (κ2) is 4.33. The fourth-order valence-electron chi connectivity index (χ4n) is 2.67. The number of amides is 1. The summed E-state index contributed by atoms with van der Waals surface area (Å²) in [6, 6.07) is 7.35. The number of halogens is 1. The SMILES string of the molecule is O=C(C#Cc1ccccc1Cl)N1CCCC12CC2. The molecule has 0 radical (unpaired) electrons. The fraction of sp³-hybridized carbons (Fsp3) is 0.400. The molecule has 3 rings (SSSR count). The number of carbonyl (C=O) groups is 1. The maximum absolute atomic E-state index is 12.1. The van der Waals surface area contributed by atoms with Crippen LogP contribution in [0.3, 0.4) is 0 Å². The lowest BCUT2D eigenvalue weighted by molar-refractivity contribution is -0.126. The van der Waals surface area contributed by atoms with Crippen LogP contribution < -0.4 is 0 Å². The van der Waals surface area contributed by atoms with Crippen molar-refractivity contribution in [2.45, 2.75) is 31.2 Å². The number of likely N-dealkylation sites (tertiary alicyclic amines) is 1. The molecule has 0 atom stereocenters. The van der Waals surface area contributed by atoms with Crippen molar-refractivity contribution in [1.29, 1.82) is 0 Å². The molecule has 1 saturated carbocycles. The summed E-state index contributed by atoms with van der Waals surface area (Å²) in [4.78, 5) is 14.1. The quantitative estimate of drug-likeness (QED) is 0.656. The van der Waals surface area contributed by atoms with Gasteiger partial charge in [-0.2, -0.15) is 0 Å². The van der Waals surface area contributed by atoms with Crippen LogP contribution in [0.5, 0.6) is 0 Å². The molecule has 1 aliphatic carbocycles. The number of hydrogen-bond donors (Lipinski definition) is 0. The van der Waals surface area contributed by atoms with Crippen LogP contribution >= 0.6 is 11.6 Å². The van der Waals surface area contributed by atoms with Gasteiger partial charge in [-0.25, -0.2) is 0 Å². The maximum atomic E-state index is 12.1. The zero-order chi connectivity index (χ0) is 12.6. The molecule has 92 valence electrons. The van der Waals surface area contributed by atoms with Gasteiger partial charge >= 0.3 is 0 Å². The Hall–Kier alpha value is -1.46. The average molecular weight is 260 g/mol. The van der Waals surface area contributed by atoms with Gasteiger partial charge in [-0.1, -0.05) is 29.7 Å². The Bertz CT molecular complexity index is 551. The highest BCUT2D eigenvalue weighted by atomic mass is 35.5. The van der Waals surface area contributed by atoms with Gasteiger partial charge in [-0.15, -0.1) is 0 Å². The molecule has 1 aliphatic heterocycles. The van der Waals surface area contributed by atoms with E-state index in [2.05, 4.69) is 11.8 Å². The van der Waals surface area contributed by atoms with E-state index in [4.69, 9.17) is 11.6 Å². The minimum absolute atomic E-state index is 0.0510. The van der Waals surface area contributed by atoms with E-state index in [9.17, 15) is 4.79 Å². The van der Waals surface area contributed by atoms with Gasteiger partial charge in [0.1, 0.15) is 0 Å². The highest BCUT2D eigenvalue weighted by Crippen LogP contribution is 2.49. The van der Waals surface area contributed by atoms with E-state index in [1.807, 2.05) is 23.1 Å². The number of hydrogen-bond acceptors (Lipinski definition) is 1. The van der Waals surface area contributed by atoms with Crippen LogP contribution in [0.1, 0.15) is 31.2 Å². The van der Waals surface area contributed by atoms with Crippen molar-refractivity contribution in [3.05, 3.63) is 34.9 Å². The monoisotopic (exact) mass is 259 g/mol. The van der Waals surface area contributed by atoms with Crippen LogP contribution in [0, 0.1) is 11.8 Å². The molecule has 2 nitrogen and oxygen atoms in total.